The number of benzene rings is 1. The molecule has 0 radical (unpaired) electrons. The van der Waals surface area contributed by atoms with Crippen LogP contribution in [-0.4, -0.2) is 4.98 Å². The predicted molar refractivity (Wildman–Crippen MR) is 48.4 cm³/mol. The van der Waals surface area contributed by atoms with Crippen LogP contribution in [0.5, 0.6) is 0 Å². The van der Waals surface area contributed by atoms with E-state index in [4.69, 9.17) is 17.3 Å². The van der Waals surface area contributed by atoms with Gasteiger partial charge >= 0.3 is 6.18 Å². The third kappa shape index (κ3) is 1.72. The van der Waals surface area contributed by atoms with Crippen molar-refractivity contribution in [1.82, 2.24) is 4.98 Å². The summed E-state index contributed by atoms with van der Waals surface area (Å²) in [4.78, 5) is 3.57. The van der Waals surface area contributed by atoms with Crippen molar-refractivity contribution in [3.63, 3.8) is 0 Å². The van der Waals surface area contributed by atoms with Gasteiger partial charge in [-0.1, -0.05) is 11.6 Å². The smallest absolute Gasteiger partial charge is 0.420 e. The summed E-state index contributed by atoms with van der Waals surface area (Å²) in [5, 5.41) is -0.0666. The quantitative estimate of drug-likeness (QED) is 0.765. The monoisotopic (exact) mass is 236 g/mol. The fourth-order valence-corrected chi connectivity index (χ4v) is 1.44. The van der Waals surface area contributed by atoms with Crippen LogP contribution in [0.2, 0.25) is 5.02 Å². The van der Waals surface area contributed by atoms with Gasteiger partial charge in [0.25, 0.3) is 6.01 Å². The number of nitrogens with two attached hydrogens (primary N) is 1. The van der Waals surface area contributed by atoms with Gasteiger partial charge in [0, 0.05) is 5.02 Å². The molecule has 0 saturated carbocycles. The van der Waals surface area contributed by atoms with Gasteiger partial charge in [-0.3, -0.25) is 0 Å². The van der Waals surface area contributed by atoms with Crippen molar-refractivity contribution in [1.29, 1.82) is 0 Å². The number of nitrogens with zero attached hydrogens (tertiary/aromatic N) is 1. The summed E-state index contributed by atoms with van der Waals surface area (Å²) in [7, 11) is 0. The van der Waals surface area contributed by atoms with E-state index in [0.717, 1.165) is 6.07 Å². The molecule has 3 nitrogen and oxygen atoms in total. The maximum Gasteiger partial charge on any atom is 0.420 e. The summed E-state index contributed by atoms with van der Waals surface area (Å²) in [6, 6.07) is 1.71. The molecule has 1 heterocycles. The number of nitrogen functional groups attached to an aromatic ring is 1. The minimum Gasteiger partial charge on any atom is -0.423 e. The first-order chi connectivity index (χ1) is 6.88. The molecule has 0 bridgehead atoms. The van der Waals surface area contributed by atoms with E-state index < -0.39 is 17.3 Å². The van der Waals surface area contributed by atoms with Gasteiger partial charge < -0.3 is 10.2 Å². The maximum absolute atomic E-state index is 12.5. The Morgan fingerprint density at radius 2 is 2.00 bits per heavy atom. The van der Waals surface area contributed by atoms with Gasteiger partial charge in [-0.15, -0.1) is 0 Å². The van der Waals surface area contributed by atoms with Crippen LogP contribution in [0, 0.1) is 0 Å². The highest BCUT2D eigenvalue weighted by Crippen LogP contribution is 2.37. The highest BCUT2D eigenvalue weighted by atomic mass is 35.5. The van der Waals surface area contributed by atoms with Crippen molar-refractivity contribution in [3.05, 3.63) is 22.7 Å². The average molecular weight is 237 g/mol. The highest BCUT2D eigenvalue weighted by molar-refractivity contribution is 6.31. The second-order valence-electron chi connectivity index (χ2n) is 2.85. The van der Waals surface area contributed by atoms with Crippen molar-refractivity contribution in [2.45, 2.75) is 6.18 Å². The fourth-order valence-electron chi connectivity index (χ4n) is 1.23. The number of hydrogen-bond donors (Lipinski definition) is 1. The zero-order valence-electron chi connectivity index (χ0n) is 7.10. The lowest BCUT2D eigenvalue weighted by atomic mass is 10.2. The largest absolute Gasteiger partial charge is 0.423 e. The van der Waals surface area contributed by atoms with Crippen molar-refractivity contribution >= 4 is 28.7 Å². The van der Waals surface area contributed by atoms with E-state index in [2.05, 4.69) is 9.40 Å². The Morgan fingerprint density at radius 3 is 2.60 bits per heavy atom. The van der Waals surface area contributed by atoms with Crippen LogP contribution >= 0.6 is 11.6 Å². The third-order valence-electron chi connectivity index (χ3n) is 1.78. The lowest BCUT2D eigenvalue weighted by molar-refractivity contribution is -0.136. The van der Waals surface area contributed by atoms with Gasteiger partial charge in [-0.2, -0.15) is 18.2 Å². The Kier molecular flexibility index (Phi) is 2.04. The molecule has 80 valence electrons. The molecule has 1 aromatic carbocycles. The molecule has 0 saturated heterocycles. The Labute approximate surface area is 86.6 Å². The van der Waals surface area contributed by atoms with Crippen LogP contribution in [0.4, 0.5) is 19.2 Å². The van der Waals surface area contributed by atoms with Gasteiger partial charge in [-0.05, 0) is 12.1 Å². The first-order valence-corrected chi connectivity index (χ1v) is 4.18. The molecule has 2 N–H and O–H groups in total. The van der Waals surface area contributed by atoms with Crippen LogP contribution in [-0.2, 0) is 6.18 Å². The molecule has 0 atom stereocenters. The van der Waals surface area contributed by atoms with Crippen LogP contribution < -0.4 is 5.73 Å². The average Bonchev–Trinajstić information content (AvgIpc) is 2.41. The Morgan fingerprint density at radius 1 is 1.33 bits per heavy atom. The first kappa shape index (κ1) is 10.1. The van der Waals surface area contributed by atoms with E-state index in [1.165, 1.54) is 6.07 Å². The number of hydrogen-bond acceptors (Lipinski definition) is 3. The molecular weight excluding hydrogens is 233 g/mol. The van der Waals surface area contributed by atoms with Gasteiger partial charge in [0.1, 0.15) is 11.1 Å². The number of halogens is 4. The second kappa shape index (κ2) is 3.03. The van der Waals surface area contributed by atoms with Crippen molar-refractivity contribution in [2.75, 3.05) is 5.73 Å². The number of anilines is 1. The maximum atomic E-state index is 12.5. The summed E-state index contributed by atoms with van der Waals surface area (Å²) in [6.07, 6.45) is -4.55. The van der Waals surface area contributed by atoms with Crippen molar-refractivity contribution < 1.29 is 17.6 Å². The molecule has 2 aromatic rings. The van der Waals surface area contributed by atoms with E-state index in [9.17, 15) is 13.2 Å². The van der Waals surface area contributed by atoms with E-state index in [-0.39, 0.29) is 16.6 Å². The molecule has 0 aliphatic carbocycles. The molecule has 0 spiro atoms. The van der Waals surface area contributed by atoms with Crippen LogP contribution in [0.1, 0.15) is 5.56 Å². The van der Waals surface area contributed by atoms with Gasteiger partial charge in [0.05, 0.1) is 0 Å². The topological polar surface area (TPSA) is 52.0 Å². The number of rotatable bonds is 0. The normalized spacial score (nSPS) is 12.3. The van der Waals surface area contributed by atoms with Gasteiger partial charge in [-0.25, -0.2) is 0 Å². The number of oxazole rings is 1. The summed E-state index contributed by atoms with van der Waals surface area (Å²) in [5.41, 5.74) is 3.78. The molecular formula is C8H4ClF3N2O. The first-order valence-electron chi connectivity index (χ1n) is 3.80. The van der Waals surface area contributed by atoms with Gasteiger partial charge in [0.2, 0.25) is 0 Å². The SMILES string of the molecule is Nc1nc2cc(Cl)cc(C(F)(F)F)c2o1. The van der Waals surface area contributed by atoms with Crippen LogP contribution in [0.3, 0.4) is 0 Å². The molecule has 0 aliphatic rings. The molecule has 0 fully saturated rings. The summed E-state index contributed by atoms with van der Waals surface area (Å²) in [5.74, 6) is 0. The fraction of sp³-hybridized carbons (Fsp3) is 0.125. The number of aromatic nitrogens is 1. The Bertz CT molecular complexity index is 520. The third-order valence-corrected chi connectivity index (χ3v) is 1.99. The Hall–Kier alpha value is -1.43. The highest BCUT2D eigenvalue weighted by Gasteiger charge is 2.35. The molecule has 7 heteroatoms. The predicted octanol–water partition coefficient (Wildman–Crippen LogP) is 3.08. The molecule has 15 heavy (non-hydrogen) atoms. The van der Waals surface area contributed by atoms with Crippen LogP contribution in [0.25, 0.3) is 11.1 Å². The minimum absolute atomic E-state index is 0.00711. The summed E-state index contributed by atoms with van der Waals surface area (Å²) in [6.45, 7) is 0. The zero-order valence-corrected chi connectivity index (χ0v) is 7.86. The lowest BCUT2D eigenvalue weighted by Gasteiger charge is -2.06. The minimum atomic E-state index is -4.55. The van der Waals surface area contributed by atoms with Gasteiger partial charge in [0.15, 0.2) is 5.58 Å². The standard InChI is InChI=1S/C8H4ClF3N2O/c9-3-1-4(8(10,11)12)6-5(2-3)14-7(13)15-6/h1-2H,(H2,13,14). The van der Waals surface area contributed by atoms with E-state index in [1.807, 2.05) is 0 Å². The molecule has 1 aromatic heterocycles. The number of fused-ring (bicyclic) bond motifs is 1. The molecule has 2 rings (SSSR count). The van der Waals surface area contributed by atoms with Crippen molar-refractivity contribution in [3.8, 4) is 0 Å². The zero-order chi connectivity index (χ0) is 11.2. The lowest BCUT2D eigenvalue weighted by Crippen LogP contribution is -2.05. The van der Waals surface area contributed by atoms with Crippen LogP contribution in [0.15, 0.2) is 16.5 Å². The Balaban J connectivity index is 2.82. The van der Waals surface area contributed by atoms with E-state index >= 15 is 0 Å². The number of alkyl halides is 3. The van der Waals surface area contributed by atoms with Crippen molar-refractivity contribution in [2.24, 2.45) is 0 Å². The summed E-state index contributed by atoms with van der Waals surface area (Å²) < 4.78 is 42.2. The molecule has 0 amide bonds. The second-order valence-corrected chi connectivity index (χ2v) is 3.29. The molecule has 0 aliphatic heterocycles. The summed E-state index contributed by atoms with van der Waals surface area (Å²) >= 11 is 5.52. The van der Waals surface area contributed by atoms with E-state index in [1.54, 1.807) is 0 Å². The van der Waals surface area contributed by atoms with E-state index in [0.29, 0.717) is 0 Å². The molecule has 0 unspecified atom stereocenters.